The Morgan fingerprint density at radius 2 is 1.96 bits per heavy atom. The first kappa shape index (κ1) is 15.1. The third-order valence-electron chi connectivity index (χ3n) is 3.08. The fourth-order valence-corrected chi connectivity index (χ4v) is 1.99. The molecule has 120 valence electrons. The maximum absolute atomic E-state index is 12.9. The molecule has 3 rings (SSSR count). The van der Waals surface area contributed by atoms with Crippen molar-refractivity contribution in [3.63, 3.8) is 0 Å². The molecule has 0 radical (unpaired) electrons. The summed E-state index contributed by atoms with van der Waals surface area (Å²) in [5, 5.41) is 7.38. The molecule has 0 atom stereocenters. The summed E-state index contributed by atoms with van der Waals surface area (Å²) >= 11 is 0. The number of aromatic nitrogens is 4. The summed E-state index contributed by atoms with van der Waals surface area (Å²) in [4.78, 5) is 13.6. The van der Waals surface area contributed by atoms with Crippen LogP contribution in [0.15, 0.2) is 28.8 Å². The number of nitrogens with zero attached hydrogens (tertiary/aromatic N) is 5. The van der Waals surface area contributed by atoms with Crippen molar-refractivity contribution >= 4 is 22.7 Å². The number of rotatable bonds is 5. The van der Waals surface area contributed by atoms with Crippen molar-refractivity contribution in [2.45, 2.75) is 13.0 Å². The highest BCUT2D eigenvalue weighted by Gasteiger charge is 2.15. The minimum Gasteiger partial charge on any atom is -0.360 e. The van der Waals surface area contributed by atoms with Gasteiger partial charge in [0, 0.05) is 19.5 Å². The molecule has 0 spiro atoms. The van der Waals surface area contributed by atoms with Crippen molar-refractivity contribution in [2.24, 2.45) is 0 Å². The largest absolute Gasteiger partial charge is 0.360 e. The molecule has 1 aromatic carbocycles. The molecule has 0 aliphatic carbocycles. The number of halogens is 2. The highest BCUT2D eigenvalue weighted by molar-refractivity contribution is 5.88. The summed E-state index contributed by atoms with van der Waals surface area (Å²) in [6.07, 6.45) is -2.75. The van der Waals surface area contributed by atoms with Gasteiger partial charge < -0.3 is 14.7 Å². The van der Waals surface area contributed by atoms with Gasteiger partial charge in [-0.2, -0.15) is 4.98 Å². The van der Waals surface area contributed by atoms with Gasteiger partial charge in [0.2, 0.25) is 5.89 Å². The maximum Gasteiger partial charge on any atom is 0.297 e. The first-order chi connectivity index (χ1) is 11.0. The molecular weight excluding hydrogens is 306 g/mol. The van der Waals surface area contributed by atoms with Crippen LogP contribution in [0.3, 0.4) is 0 Å². The first-order valence-electron chi connectivity index (χ1n) is 6.83. The summed E-state index contributed by atoms with van der Waals surface area (Å²) in [5.74, 6) is 0.541. The van der Waals surface area contributed by atoms with Gasteiger partial charge in [-0.05, 0) is 17.3 Å². The molecule has 3 aromatic rings. The third-order valence-corrected chi connectivity index (χ3v) is 3.08. The molecule has 23 heavy (non-hydrogen) atoms. The molecule has 0 saturated carbocycles. The number of hydrogen-bond acceptors (Lipinski definition) is 7. The van der Waals surface area contributed by atoms with Crippen LogP contribution in [0.1, 0.15) is 18.1 Å². The zero-order chi connectivity index (χ0) is 16.4. The lowest BCUT2D eigenvalue weighted by atomic mass is 10.2. The van der Waals surface area contributed by atoms with E-state index in [1.807, 2.05) is 0 Å². The quantitative estimate of drug-likeness (QED) is 0.774. The monoisotopic (exact) mass is 320 g/mol. The van der Waals surface area contributed by atoms with Crippen LogP contribution in [-0.2, 0) is 6.54 Å². The molecule has 0 amide bonds. The molecular formula is C14H14F2N6O. The molecule has 2 heterocycles. The van der Waals surface area contributed by atoms with E-state index in [2.05, 4.69) is 25.4 Å². The summed E-state index contributed by atoms with van der Waals surface area (Å²) < 4.78 is 30.9. The van der Waals surface area contributed by atoms with Gasteiger partial charge in [-0.15, -0.1) is 0 Å². The normalized spacial score (nSPS) is 11.2. The van der Waals surface area contributed by atoms with Gasteiger partial charge in [0.05, 0.1) is 12.1 Å². The van der Waals surface area contributed by atoms with Crippen LogP contribution in [0, 0.1) is 0 Å². The second-order valence-corrected chi connectivity index (χ2v) is 4.98. The first-order valence-corrected chi connectivity index (χ1v) is 6.83. The maximum atomic E-state index is 12.9. The lowest BCUT2D eigenvalue weighted by molar-refractivity contribution is 0.141. The van der Waals surface area contributed by atoms with Gasteiger partial charge in [-0.25, -0.2) is 18.7 Å². The molecule has 1 N–H and O–H groups in total. The fraction of sp³-hybridized carbons (Fsp3) is 0.286. The van der Waals surface area contributed by atoms with Crippen LogP contribution in [0.5, 0.6) is 0 Å². The van der Waals surface area contributed by atoms with E-state index in [9.17, 15) is 8.78 Å². The average Bonchev–Trinajstić information content (AvgIpc) is 3.01. The topological polar surface area (TPSA) is 80.0 Å². The number of benzene rings is 1. The highest BCUT2D eigenvalue weighted by atomic mass is 19.3. The Morgan fingerprint density at radius 1 is 1.17 bits per heavy atom. The van der Waals surface area contributed by atoms with Gasteiger partial charge >= 0.3 is 0 Å². The van der Waals surface area contributed by atoms with Crippen molar-refractivity contribution in [1.82, 2.24) is 20.1 Å². The van der Waals surface area contributed by atoms with Gasteiger partial charge in [0.1, 0.15) is 5.82 Å². The van der Waals surface area contributed by atoms with Gasteiger partial charge in [-0.1, -0.05) is 12.1 Å². The summed E-state index contributed by atoms with van der Waals surface area (Å²) in [6, 6.07) is 6.93. The van der Waals surface area contributed by atoms with E-state index in [0.717, 1.165) is 0 Å². The summed E-state index contributed by atoms with van der Waals surface area (Å²) in [6.45, 7) is 0.171. The van der Waals surface area contributed by atoms with Crippen LogP contribution >= 0.6 is 0 Å². The zero-order valence-corrected chi connectivity index (χ0v) is 12.5. The van der Waals surface area contributed by atoms with Crippen LogP contribution in [0.2, 0.25) is 0 Å². The Kier molecular flexibility index (Phi) is 4.00. The molecule has 0 saturated heterocycles. The van der Waals surface area contributed by atoms with Crippen LogP contribution in [-0.4, -0.2) is 34.2 Å². The fourth-order valence-electron chi connectivity index (χ4n) is 1.99. The SMILES string of the molecule is CN(C)c1noc(CNc2nc(C(F)F)nc3ccccc23)n1. The van der Waals surface area contributed by atoms with Crippen molar-refractivity contribution < 1.29 is 13.3 Å². The number of fused-ring (bicyclic) bond motifs is 1. The molecule has 7 nitrogen and oxygen atoms in total. The predicted octanol–water partition coefficient (Wildman–Crippen LogP) is 2.63. The molecule has 2 aromatic heterocycles. The summed E-state index contributed by atoms with van der Waals surface area (Å²) in [5.41, 5.74) is 0.444. The standard InChI is InChI=1S/C14H14F2N6O/c1-22(2)14-19-10(23-21-14)7-17-12-8-5-3-4-6-9(8)18-13(20-12)11(15)16/h3-6,11H,7H2,1-2H3,(H,17,18,20). The zero-order valence-electron chi connectivity index (χ0n) is 12.5. The van der Waals surface area contributed by atoms with E-state index in [1.165, 1.54) is 0 Å². The van der Waals surface area contributed by atoms with Gasteiger partial charge in [0.25, 0.3) is 12.4 Å². The molecule has 0 unspecified atom stereocenters. The number of hydrogen-bond donors (Lipinski definition) is 1. The minimum atomic E-state index is -2.75. The molecule has 0 aliphatic heterocycles. The molecule has 0 bridgehead atoms. The summed E-state index contributed by atoms with van der Waals surface area (Å²) in [7, 11) is 3.57. The number of nitrogens with one attached hydrogen (secondary N) is 1. The lowest BCUT2D eigenvalue weighted by Gasteiger charge is -2.09. The second-order valence-electron chi connectivity index (χ2n) is 4.98. The van der Waals surface area contributed by atoms with Crippen molar-refractivity contribution in [3.8, 4) is 0 Å². The Hall–Kier alpha value is -2.84. The van der Waals surface area contributed by atoms with Gasteiger partial charge in [0.15, 0.2) is 5.82 Å². The lowest BCUT2D eigenvalue weighted by Crippen LogP contribution is -2.10. The number of alkyl halides is 2. The number of anilines is 2. The Labute approximate surface area is 130 Å². The van der Waals surface area contributed by atoms with E-state index in [0.29, 0.717) is 28.6 Å². The van der Waals surface area contributed by atoms with Crippen molar-refractivity contribution in [2.75, 3.05) is 24.3 Å². The van der Waals surface area contributed by atoms with E-state index in [4.69, 9.17) is 4.52 Å². The van der Waals surface area contributed by atoms with Crippen LogP contribution in [0.25, 0.3) is 10.9 Å². The van der Waals surface area contributed by atoms with Crippen LogP contribution in [0.4, 0.5) is 20.5 Å². The smallest absolute Gasteiger partial charge is 0.297 e. The molecule has 9 heteroatoms. The minimum absolute atomic E-state index is 0.171. The Balaban J connectivity index is 1.88. The van der Waals surface area contributed by atoms with Crippen molar-refractivity contribution in [3.05, 3.63) is 36.0 Å². The van der Waals surface area contributed by atoms with Crippen molar-refractivity contribution in [1.29, 1.82) is 0 Å². The molecule has 0 aliphatic rings. The van der Waals surface area contributed by atoms with E-state index in [-0.39, 0.29) is 6.54 Å². The Morgan fingerprint density at radius 3 is 2.65 bits per heavy atom. The number of para-hydroxylation sites is 1. The predicted molar refractivity (Wildman–Crippen MR) is 80.4 cm³/mol. The highest BCUT2D eigenvalue weighted by Crippen LogP contribution is 2.24. The second kappa shape index (κ2) is 6.11. The Bertz CT molecular complexity index is 820. The van der Waals surface area contributed by atoms with Crippen LogP contribution < -0.4 is 10.2 Å². The molecule has 0 fully saturated rings. The average molecular weight is 320 g/mol. The van der Waals surface area contributed by atoms with E-state index in [1.54, 1.807) is 43.3 Å². The third kappa shape index (κ3) is 3.17. The van der Waals surface area contributed by atoms with Gasteiger partial charge in [-0.3, -0.25) is 0 Å². The van der Waals surface area contributed by atoms with E-state index >= 15 is 0 Å². The van der Waals surface area contributed by atoms with E-state index < -0.39 is 12.2 Å².